The molecule has 0 bridgehead atoms. The molecule has 104 valence electrons. The molecule has 0 saturated heterocycles. The zero-order valence-corrected chi connectivity index (χ0v) is 12.0. The summed E-state index contributed by atoms with van der Waals surface area (Å²) < 4.78 is 5.68. The van der Waals surface area contributed by atoms with Crippen LogP contribution >= 0.6 is 11.6 Å². The van der Waals surface area contributed by atoms with Gasteiger partial charge in [0, 0.05) is 5.02 Å². The van der Waals surface area contributed by atoms with Crippen molar-refractivity contribution < 1.29 is 9.53 Å². The van der Waals surface area contributed by atoms with Gasteiger partial charge >= 0.3 is 0 Å². The average Bonchev–Trinajstić information content (AvgIpc) is 2.41. The van der Waals surface area contributed by atoms with Crippen molar-refractivity contribution in [1.82, 2.24) is 0 Å². The van der Waals surface area contributed by atoms with Gasteiger partial charge in [-0.3, -0.25) is 4.79 Å². The highest BCUT2D eigenvalue weighted by atomic mass is 35.5. The molecule has 1 fully saturated rings. The Hall–Kier alpha value is -1.22. The van der Waals surface area contributed by atoms with Gasteiger partial charge in [0.25, 0.3) is 5.91 Å². The van der Waals surface area contributed by atoms with Crippen LogP contribution < -0.4 is 10.5 Å². The Morgan fingerprint density at radius 3 is 2.68 bits per heavy atom. The fraction of sp³-hybridized carbons (Fsp3) is 0.533. The van der Waals surface area contributed by atoms with Gasteiger partial charge in [0.1, 0.15) is 5.75 Å². The van der Waals surface area contributed by atoms with Crippen LogP contribution in [0.2, 0.25) is 5.02 Å². The van der Waals surface area contributed by atoms with E-state index in [1.165, 1.54) is 19.3 Å². The van der Waals surface area contributed by atoms with E-state index in [0.717, 1.165) is 24.2 Å². The van der Waals surface area contributed by atoms with E-state index in [0.29, 0.717) is 10.9 Å². The van der Waals surface area contributed by atoms with Crippen molar-refractivity contribution in [3.63, 3.8) is 0 Å². The topological polar surface area (TPSA) is 52.3 Å². The number of carbonyl (C=O) groups excluding carboxylic acids is 1. The molecule has 1 atom stereocenters. The first kappa shape index (κ1) is 14.2. The van der Waals surface area contributed by atoms with Crippen LogP contribution in [0.25, 0.3) is 0 Å². The first-order valence-corrected chi connectivity index (χ1v) is 7.21. The minimum Gasteiger partial charge on any atom is -0.481 e. The molecule has 1 aliphatic rings. The van der Waals surface area contributed by atoms with Crippen LogP contribution in [0, 0.1) is 0 Å². The second-order valence-corrected chi connectivity index (χ2v) is 5.62. The summed E-state index contributed by atoms with van der Waals surface area (Å²) >= 11 is 6.09. The molecule has 1 saturated carbocycles. The van der Waals surface area contributed by atoms with Gasteiger partial charge in [-0.1, -0.05) is 30.9 Å². The summed E-state index contributed by atoms with van der Waals surface area (Å²) in [5.41, 5.74) is 6.36. The van der Waals surface area contributed by atoms with E-state index < -0.39 is 12.0 Å². The molecule has 1 aliphatic carbocycles. The number of hydrogen-bond donors (Lipinski definition) is 1. The fourth-order valence-corrected chi connectivity index (χ4v) is 2.79. The number of hydrogen-bond acceptors (Lipinski definition) is 2. The fourth-order valence-electron chi connectivity index (χ4n) is 2.61. The third-order valence-electron chi connectivity index (χ3n) is 3.72. The lowest BCUT2D eigenvalue weighted by atomic mass is 9.83. The number of carbonyl (C=O) groups is 1. The molecule has 2 rings (SSSR count). The van der Waals surface area contributed by atoms with Crippen LogP contribution in [0.3, 0.4) is 0 Å². The quantitative estimate of drug-likeness (QED) is 0.916. The van der Waals surface area contributed by atoms with Crippen LogP contribution in [0.1, 0.15) is 50.5 Å². The molecule has 0 radical (unpaired) electrons. The Morgan fingerprint density at radius 1 is 1.37 bits per heavy atom. The highest BCUT2D eigenvalue weighted by Gasteiger charge is 2.21. The van der Waals surface area contributed by atoms with Crippen molar-refractivity contribution in [2.24, 2.45) is 5.73 Å². The summed E-state index contributed by atoms with van der Waals surface area (Å²) in [7, 11) is 0. The van der Waals surface area contributed by atoms with Gasteiger partial charge in [0.05, 0.1) is 0 Å². The van der Waals surface area contributed by atoms with Gasteiger partial charge in [-0.25, -0.2) is 0 Å². The van der Waals surface area contributed by atoms with Gasteiger partial charge in [0.15, 0.2) is 6.10 Å². The third-order valence-corrected chi connectivity index (χ3v) is 3.96. The van der Waals surface area contributed by atoms with Crippen LogP contribution in [-0.2, 0) is 4.79 Å². The SMILES string of the molecule is C[C@@H](Oc1ccc(Cl)cc1C1CCCCC1)C(N)=O. The number of ether oxygens (including phenoxy) is 1. The van der Waals surface area contributed by atoms with Gasteiger partial charge < -0.3 is 10.5 Å². The summed E-state index contributed by atoms with van der Waals surface area (Å²) in [5.74, 6) is 0.759. The summed E-state index contributed by atoms with van der Waals surface area (Å²) in [6.07, 6.45) is 5.46. The molecule has 0 unspecified atom stereocenters. The van der Waals surface area contributed by atoms with Crippen molar-refractivity contribution >= 4 is 17.5 Å². The molecule has 0 spiro atoms. The average molecular weight is 282 g/mol. The molecule has 4 heteroatoms. The maximum atomic E-state index is 11.1. The molecule has 1 aromatic rings. The minimum atomic E-state index is -0.622. The van der Waals surface area contributed by atoms with Gasteiger partial charge in [-0.2, -0.15) is 0 Å². The smallest absolute Gasteiger partial charge is 0.258 e. The normalized spacial score (nSPS) is 18.0. The van der Waals surface area contributed by atoms with E-state index in [1.807, 2.05) is 12.1 Å². The van der Waals surface area contributed by atoms with Crippen LogP contribution in [0.4, 0.5) is 0 Å². The van der Waals surface area contributed by atoms with Gasteiger partial charge in [-0.15, -0.1) is 0 Å². The van der Waals surface area contributed by atoms with Gasteiger partial charge in [-0.05, 0) is 49.4 Å². The Morgan fingerprint density at radius 2 is 2.05 bits per heavy atom. The van der Waals surface area contributed by atoms with E-state index in [-0.39, 0.29) is 0 Å². The second kappa shape index (κ2) is 6.29. The largest absolute Gasteiger partial charge is 0.481 e. The maximum absolute atomic E-state index is 11.1. The van der Waals surface area contributed by atoms with E-state index in [9.17, 15) is 4.79 Å². The van der Waals surface area contributed by atoms with Crippen molar-refractivity contribution in [3.05, 3.63) is 28.8 Å². The second-order valence-electron chi connectivity index (χ2n) is 5.18. The highest BCUT2D eigenvalue weighted by Crippen LogP contribution is 2.39. The molecule has 1 aromatic carbocycles. The van der Waals surface area contributed by atoms with Crippen molar-refractivity contribution in [2.75, 3.05) is 0 Å². The molecule has 0 heterocycles. The van der Waals surface area contributed by atoms with E-state index >= 15 is 0 Å². The Balaban J connectivity index is 2.24. The summed E-state index contributed by atoms with van der Waals surface area (Å²) in [6.45, 7) is 1.67. The highest BCUT2D eigenvalue weighted by molar-refractivity contribution is 6.30. The number of benzene rings is 1. The first-order valence-electron chi connectivity index (χ1n) is 6.83. The molecule has 0 aliphatic heterocycles. The number of nitrogens with two attached hydrogens (primary N) is 1. The number of amides is 1. The van der Waals surface area contributed by atoms with E-state index in [2.05, 4.69) is 0 Å². The number of primary amides is 1. The Labute approximate surface area is 119 Å². The lowest BCUT2D eigenvalue weighted by molar-refractivity contribution is -0.124. The molecule has 2 N–H and O–H groups in total. The van der Waals surface area contributed by atoms with Crippen LogP contribution in [-0.4, -0.2) is 12.0 Å². The Bertz CT molecular complexity index is 455. The predicted octanol–water partition coefficient (Wildman–Crippen LogP) is 3.64. The summed E-state index contributed by atoms with van der Waals surface area (Å²) in [4.78, 5) is 11.1. The number of halogens is 1. The number of rotatable bonds is 4. The lowest BCUT2D eigenvalue weighted by Gasteiger charge is -2.25. The Kier molecular flexibility index (Phi) is 4.70. The molecule has 0 aromatic heterocycles. The van der Waals surface area contributed by atoms with Crippen molar-refractivity contribution in [2.45, 2.75) is 51.0 Å². The lowest BCUT2D eigenvalue weighted by Crippen LogP contribution is -2.31. The monoisotopic (exact) mass is 281 g/mol. The van der Waals surface area contributed by atoms with Crippen molar-refractivity contribution in [1.29, 1.82) is 0 Å². The van der Waals surface area contributed by atoms with Crippen LogP contribution in [0.5, 0.6) is 5.75 Å². The molecular weight excluding hydrogens is 262 g/mol. The molecule has 1 amide bonds. The van der Waals surface area contributed by atoms with Gasteiger partial charge in [0.2, 0.25) is 0 Å². The molecular formula is C15H20ClNO2. The predicted molar refractivity (Wildman–Crippen MR) is 76.6 cm³/mol. The zero-order chi connectivity index (χ0) is 13.8. The third kappa shape index (κ3) is 3.63. The molecule has 3 nitrogen and oxygen atoms in total. The van der Waals surface area contributed by atoms with Crippen molar-refractivity contribution in [3.8, 4) is 5.75 Å². The van der Waals surface area contributed by atoms with E-state index in [4.69, 9.17) is 22.1 Å². The maximum Gasteiger partial charge on any atom is 0.258 e. The molecule has 19 heavy (non-hydrogen) atoms. The van der Waals surface area contributed by atoms with E-state index in [1.54, 1.807) is 13.0 Å². The zero-order valence-electron chi connectivity index (χ0n) is 11.2. The standard InChI is InChI=1S/C15H20ClNO2/c1-10(15(17)18)19-14-8-7-12(16)9-13(14)11-5-3-2-4-6-11/h7-11H,2-6H2,1H3,(H2,17,18)/t10-/m1/s1. The summed E-state index contributed by atoms with van der Waals surface area (Å²) in [6, 6.07) is 5.59. The van der Waals surface area contributed by atoms with Crippen LogP contribution in [0.15, 0.2) is 18.2 Å². The minimum absolute atomic E-state index is 0.454. The summed E-state index contributed by atoms with van der Waals surface area (Å²) in [5, 5.41) is 0.708. The first-order chi connectivity index (χ1) is 9.08.